The fourth-order valence-electron chi connectivity index (χ4n) is 2.95. The van der Waals surface area contributed by atoms with E-state index in [4.69, 9.17) is 0 Å². The molecule has 0 saturated heterocycles. The zero-order valence-electron chi connectivity index (χ0n) is 17.3. The Labute approximate surface area is 157 Å². The number of amides is 1. The summed E-state index contributed by atoms with van der Waals surface area (Å²) in [5.74, 6) is 0.0313. The Kier molecular flexibility index (Phi) is 5.94. The lowest BCUT2D eigenvalue weighted by atomic mass is 9.86. The number of carbonyl (C=O) groups is 1. The summed E-state index contributed by atoms with van der Waals surface area (Å²) in [4.78, 5) is 12.5. The summed E-state index contributed by atoms with van der Waals surface area (Å²) in [7, 11) is 0. The molecule has 0 saturated carbocycles. The molecule has 2 aromatic rings. The Balaban J connectivity index is 2.35. The highest BCUT2D eigenvalue weighted by atomic mass is 16.1. The van der Waals surface area contributed by atoms with Gasteiger partial charge in [0, 0.05) is 12.0 Å². The van der Waals surface area contributed by atoms with E-state index in [1.165, 1.54) is 5.56 Å². The van der Waals surface area contributed by atoms with Crippen LogP contribution in [0.5, 0.6) is 0 Å². The normalized spacial score (nSPS) is 12.3. The molecule has 0 atom stereocenters. The number of benzene rings is 1. The monoisotopic (exact) mass is 355 g/mol. The van der Waals surface area contributed by atoms with Crippen LogP contribution in [0.25, 0.3) is 11.3 Å². The topological polar surface area (TPSA) is 57.8 Å². The van der Waals surface area contributed by atoms with Gasteiger partial charge >= 0.3 is 0 Å². The maximum atomic E-state index is 12.5. The standard InChI is InChI=1S/C22H33N3O/c1-8-9-17-20(23-18(26)14-21(2,3)4)19(25-24-17)15-10-12-16(13-11-15)22(5,6)7/h10-13H,8-9,14H2,1-7H3,(H,23,26)(H,24,25). The molecule has 1 heterocycles. The second-order valence-corrected chi connectivity index (χ2v) is 9.29. The highest BCUT2D eigenvalue weighted by Gasteiger charge is 2.21. The van der Waals surface area contributed by atoms with Crippen molar-refractivity contribution in [2.24, 2.45) is 5.41 Å². The zero-order chi connectivity index (χ0) is 19.5. The Morgan fingerprint density at radius 3 is 2.19 bits per heavy atom. The molecule has 0 spiro atoms. The molecular formula is C22H33N3O. The van der Waals surface area contributed by atoms with Gasteiger partial charge in [0.25, 0.3) is 0 Å². The van der Waals surface area contributed by atoms with Gasteiger partial charge in [-0.3, -0.25) is 9.89 Å². The van der Waals surface area contributed by atoms with E-state index in [1.807, 2.05) is 0 Å². The predicted molar refractivity (Wildman–Crippen MR) is 109 cm³/mol. The molecule has 2 rings (SSSR count). The molecule has 0 bridgehead atoms. The van der Waals surface area contributed by atoms with Gasteiger partial charge in [-0.1, -0.05) is 79.2 Å². The highest BCUT2D eigenvalue weighted by molar-refractivity contribution is 5.95. The quantitative estimate of drug-likeness (QED) is 0.722. The van der Waals surface area contributed by atoms with E-state index in [9.17, 15) is 4.79 Å². The molecule has 1 aromatic heterocycles. The minimum Gasteiger partial charge on any atom is -0.323 e. The van der Waals surface area contributed by atoms with Crippen molar-refractivity contribution in [3.63, 3.8) is 0 Å². The van der Waals surface area contributed by atoms with Crippen LogP contribution in [0.1, 0.15) is 72.6 Å². The smallest absolute Gasteiger partial charge is 0.225 e. The third-order valence-corrected chi connectivity index (χ3v) is 4.32. The van der Waals surface area contributed by atoms with Crippen LogP contribution in [0.15, 0.2) is 24.3 Å². The van der Waals surface area contributed by atoms with Crippen LogP contribution in [0, 0.1) is 5.41 Å². The number of anilines is 1. The van der Waals surface area contributed by atoms with Crippen LogP contribution < -0.4 is 5.32 Å². The van der Waals surface area contributed by atoms with Gasteiger partial charge in [0.15, 0.2) is 0 Å². The first-order valence-electron chi connectivity index (χ1n) is 9.49. The molecule has 2 N–H and O–H groups in total. The lowest BCUT2D eigenvalue weighted by molar-refractivity contribution is -0.117. The lowest BCUT2D eigenvalue weighted by Crippen LogP contribution is -2.20. The number of rotatable bonds is 5. The van der Waals surface area contributed by atoms with Gasteiger partial charge < -0.3 is 5.32 Å². The number of aromatic amines is 1. The van der Waals surface area contributed by atoms with Crippen LogP contribution >= 0.6 is 0 Å². The van der Waals surface area contributed by atoms with Crippen LogP contribution in [-0.4, -0.2) is 16.1 Å². The molecule has 26 heavy (non-hydrogen) atoms. The van der Waals surface area contributed by atoms with Gasteiger partial charge in [0.1, 0.15) is 5.69 Å². The summed E-state index contributed by atoms with van der Waals surface area (Å²) in [6, 6.07) is 8.46. The van der Waals surface area contributed by atoms with E-state index < -0.39 is 0 Å². The van der Waals surface area contributed by atoms with Gasteiger partial charge in [0.2, 0.25) is 5.91 Å². The summed E-state index contributed by atoms with van der Waals surface area (Å²) < 4.78 is 0. The second-order valence-electron chi connectivity index (χ2n) is 9.29. The summed E-state index contributed by atoms with van der Waals surface area (Å²) in [6.07, 6.45) is 2.33. The van der Waals surface area contributed by atoms with Crippen LogP contribution in [0.3, 0.4) is 0 Å². The SMILES string of the molecule is CCCc1[nH]nc(-c2ccc(C(C)(C)C)cc2)c1NC(=O)CC(C)(C)C. The number of hydrogen-bond acceptors (Lipinski definition) is 2. The van der Waals surface area contributed by atoms with Gasteiger partial charge in [0.05, 0.1) is 11.4 Å². The molecule has 0 radical (unpaired) electrons. The van der Waals surface area contributed by atoms with Gasteiger partial charge in [-0.15, -0.1) is 0 Å². The Morgan fingerprint density at radius 2 is 1.69 bits per heavy atom. The van der Waals surface area contributed by atoms with Crippen LogP contribution in [0.4, 0.5) is 5.69 Å². The van der Waals surface area contributed by atoms with Crippen LogP contribution in [-0.2, 0) is 16.6 Å². The van der Waals surface area contributed by atoms with E-state index in [0.717, 1.165) is 35.5 Å². The van der Waals surface area contributed by atoms with Crippen molar-refractivity contribution in [1.82, 2.24) is 10.2 Å². The Bertz CT molecular complexity index is 743. The first-order chi connectivity index (χ1) is 12.0. The van der Waals surface area contributed by atoms with Crippen LogP contribution in [0.2, 0.25) is 0 Å². The summed E-state index contributed by atoms with van der Waals surface area (Å²) in [6.45, 7) is 14.9. The third-order valence-electron chi connectivity index (χ3n) is 4.32. The van der Waals surface area contributed by atoms with Gasteiger partial charge in [-0.05, 0) is 22.8 Å². The first kappa shape index (κ1) is 20.2. The van der Waals surface area contributed by atoms with Crippen molar-refractivity contribution in [3.8, 4) is 11.3 Å². The number of H-pyrrole nitrogens is 1. The van der Waals surface area contributed by atoms with Crippen molar-refractivity contribution < 1.29 is 4.79 Å². The van der Waals surface area contributed by atoms with E-state index in [-0.39, 0.29) is 16.7 Å². The third kappa shape index (κ3) is 5.20. The number of nitrogens with zero attached hydrogens (tertiary/aromatic N) is 1. The second kappa shape index (κ2) is 7.65. The number of aryl methyl sites for hydroxylation is 1. The van der Waals surface area contributed by atoms with Gasteiger partial charge in [-0.25, -0.2) is 0 Å². The van der Waals surface area contributed by atoms with Crippen molar-refractivity contribution >= 4 is 11.6 Å². The van der Waals surface area contributed by atoms with Crippen molar-refractivity contribution in [1.29, 1.82) is 0 Å². The van der Waals surface area contributed by atoms with E-state index >= 15 is 0 Å². The van der Waals surface area contributed by atoms with Crippen molar-refractivity contribution in [2.75, 3.05) is 5.32 Å². The van der Waals surface area contributed by atoms with E-state index in [1.54, 1.807) is 0 Å². The predicted octanol–water partition coefficient (Wildman–Crippen LogP) is 5.70. The summed E-state index contributed by atoms with van der Waals surface area (Å²) in [5.41, 5.74) is 4.99. The Morgan fingerprint density at radius 1 is 1.08 bits per heavy atom. The molecule has 0 aliphatic heterocycles. The minimum atomic E-state index is -0.0484. The molecule has 142 valence electrons. The fraction of sp³-hybridized carbons (Fsp3) is 0.545. The lowest BCUT2D eigenvalue weighted by Gasteiger charge is -2.19. The fourth-order valence-corrected chi connectivity index (χ4v) is 2.95. The number of aromatic nitrogens is 2. The molecule has 4 heteroatoms. The summed E-state index contributed by atoms with van der Waals surface area (Å²) >= 11 is 0. The minimum absolute atomic E-state index is 0.0313. The maximum absolute atomic E-state index is 12.5. The molecule has 0 aliphatic rings. The number of hydrogen-bond donors (Lipinski definition) is 2. The Hall–Kier alpha value is -2.10. The first-order valence-corrected chi connectivity index (χ1v) is 9.49. The highest BCUT2D eigenvalue weighted by Crippen LogP contribution is 2.32. The van der Waals surface area contributed by atoms with Gasteiger partial charge in [-0.2, -0.15) is 5.10 Å². The molecule has 0 fully saturated rings. The van der Waals surface area contributed by atoms with Crippen molar-refractivity contribution in [2.45, 2.75) is 73.1 Å². The molecule has 0 aliphatic carbocycles. The average molecular weight is 356 g/mol. The zero-order valence-corrected chi connectivity index (χ0v) is 17.3. The number of nitrogens with one attached hydrogen (secondary N) is 2. The summed E-state index contributed by atoms with van der Waals surface area (Å²) in [5, 5.41) is 10.7. The molecule has 1 amide bonds. The largest absolute Gasteiger partial charge is 0.323 e. The molecule has 1 aromatic carbocycles. The number of carbonyl (C=O) groups excluding carboxylic acids is 1. The maximum Gasteiger partial charge on any atom is 0.225 e. The molecular weight excluding hydrogens is 322 g/mol. The molecule has 4 nitrogen and oxygen atoms in total. The van der Waals surface area contributed by atoms with E-state index in [0.29, 0.717) is 6.42 Å². The van der Waals surface area contributed by atoms with Crippen molar-refractivity contribution in [3.05, 3.63) is 35.5 Å². The average Bonchev–Trinajstić information content (AvgIpc) is 2.88. The van der Waals surface area contributed by atoms with E-state index in [2.05, 4.69) is 88.2 Å². The molecule has 0 unspecified atom stereocenters.